The molecule has 2 aromatic carbocycles. The molecule has 0 fully saturated rings. The molecule has 0 aliphatic carbocycles. The average molecular weight is 307 g/mol. The third-order valence-electron chi connectivity index (χ3n) is 4.32. The van der Waals surface area contributed by atoms with Gasteiger partial charge in [-0.2, -0.15) is 5.10 Å². The number of nitrogens with zero attached hydrogens (tertiary/aromatic N) is 2. The summed E-state index contributed by atoms with van der Waals surface area (Å²) >= 11 is 0. The molecule has 23 heavy (non-hydrogen) atoms. The second kappa shape index (κ2) is 5.63. The molecule has 4 rings (SSSR count). The van der Waals surface area contributed by atoms with Gasteiger partial charge in [0.2, 0.25) is 0 Å². The van der Waals surface area contributed by atoms with E-state index in [0.29, 0.717) is 6.04 Å². The van der Waals surface area contributed by atoms with Crippen molar-refractivity contribution < 1.29 is 4.39 Å². The molecule has 1 unspecified atom stereocenters. The Labute approximate surface area is 134 Å². The standard InChI is InChI=1S/C19H18FN3/c1-13-10-15(8-9-21-13)14-2-7-19-16(11-14)12-22-23(19)18-5-3-17(20)4-6-18/h2-7,10-13,21H,8-9H2,1H3. The zero-order valence-corrected chi connectivity index (χ0v) is 13.0. The second-order valence-corrected chi connectivity index (χ2v) is 5.99. The van der Waals surface area contributed by atoms with Gasteiger partial charge >= 0.3 is 0 Å². The molecule has 0 spiro atoms. The fourth-order valence-corrected chi connectivity index (χ4v) is 3.14. The van der Waals surface area contributed by atoms with Crippen molar-refractivity contribution in [3.63, 3.8) is 0 Å². The first-order chi connectivity index (χ1) is 11.2. The van der Waals surface area contributed by atoms with Crippen LogP contribution in [0.15, 0.2) is 54.7 Å². The van der Waals surface area contributed by atoms with Gasteiger partial charge < -0.3 is 5.32 Å². The summed E-state index contributed by atoms with van der Waals surface area (Å²) in [5.41, 5.74) is 4.53. The first kappa shape index (κ1) is 14.2. The Morgan fingerprint density at radius 2 is 2.00 bits per heavy atom. The van der Waals surface area contributed by atoms with Gasteiger partial charge in [0.05, 0.1) is 17.4 Å². The summed E-state index contributed by atoms with van der Waals surface area (Å²) in [5, 5.41) is 8.98. The van der Waals surface area contributed by atoms with Crippen LogP contribution in [0.3, 0.4) is 0 Å². The highest BCUT2D eigenvalue weighted by Gasteiger charge is 2.12. The Morgan fingerprint density at radius 1 is 1.17 bits per heavy atom. The average Bonchev–Trinajstić information content (AvgIpc) is 2.99. The van der Waals surface area contributed by atoms with Crippen molar-refractivity contribution in [2.24, 2.45) is 0 Å². The van der Waals surface area contributed by atoms with Crippen LogP contribution in [0.5, 0.6) is 0 Å². The first-order valence-electron chi connectivity index (χ1n) is 7.89. The van der Waals surface area contributed by atoms with Crippen LogP contribution in [0, 0.1) is 5.82 Å². The van der Waals surface area contributed by atoms with E-state index in [1.54, 1.807) is 12.1 Å². The molecule has 0 saturated heterocycles. The lowest BCUT2D eigenvalue weighted by molar-refractivity contribution is 0.620. The van der Waals surface area contributed by atoms with Crippen LogP contribution in [-0.2, 0) is 0 Å². The summed E-state index contributed by atoms with van der Waals surface area (Å²) in [6.45, 7) is 3.18. The van der Waals surface area contributed by atoms with Crippen LogP contribution in [0.4, 0.5) is 4.39 Å². The molecule has 0 bridgehead atoms. The highest BCUT2D eigenvalue weighted by atomic mass is 19.1. The summed E-state index contributed by atoms with van der Waals surface area (Å²) in [7, 11) is 0. The molecule has 2 heterocycles. The number of hydrogen-bond acceptors (Lipinski definition) is 2. The van der Waals surface area contributed by atoms with Gasteiger partial charge in [0.15, 0.2) is 0 Å². The maximum Gasteiger partial charge on any atom is 0.123 e. The number of benzene rings is 2. The van der Waals surface area contributed by atoms with Gasteiger partial charge in [-0.3, -0.25) is 0 Å². The molecule has 1 atom stereocenters. The predicted octanol–water partition coefficient (Wildman–Crippen LogP) is 3.93. The Hall–Kier alpha value is -2.46. The normalized spacial score (nSPS) is 18.2. The maximum absolute atomic E-state index is 13.1. The van der Waals surface area contributed by atoms with Crippen LogP contribution in [-0.4, -0.2) is 22.4 Å². The summed E-state index contributed by atoms with van der Waals surface area (Å²) in [6.07, 6.45) is 5.20. The minimum atomic E-state index is -0.237. The van der Waals surface area contributed by atoms with Crippen LogP contribution in [0.2, 0.25) is 0 Å². The molecule has 1 aromatic heterocycles. The molecule has 4 heteroatoms. The highest BCUT2D eigenvalue weighted by molar-refractivity contribution is 5.85. The molecule has 0 saturated carbocycles. The summed E-state index contributed by atoms with van der Waals surface area (Å²) in [4.78, 5) is 0. The smallest absolute Gasteiger partial charge is 0.123 e. The van der Waals surface area contributed by atoms with Gasteiger partial charge in [-0.15, -0.1) is 0 Å². The number of fused-ring (bicyclic) bond motifs is 1. The van der Waals surface area contributed by atoms with Crippen LogP contribution < -0.4 is 5.32 Å². The lowest BCUT2D eigenvalue weighted by Crippen LogP contribution is -2.29. The predicted molar refractivity (Wildman–Crippen MR) is 91.1 cm³/mol. The van der Waals surface area contributed by atoms with Crippen LogP contribution in [0.1, 0.15) is 18.9 Å². The van der Waals surface area contributed by atoms with E-state index in [1.807, 2.05) is 10.9 Å². The van der Waals surface area contributed by atoms with Crippen molar-refractivity contribution in [2.45, 2.75) is 19.4 Å². The molecular weight excluding hydrogens is 289 g/mol. The van der Waals surface area contributed by atoms with Crippen molar-refractivity contribution in [1.82, 2.24) is 15.1 Å². The molecule has 1 aliphatic rings. The van der Waals surface area contributed by atoms with Crippen molar-refractivity contribution in [2.75, 3.05) is 6.54 Å². The SMILES string of the molecule is CC1C=C(c2ccc3c(cnn3-c3ccc(F)cc3)c2)CCN1. The second-order valence-electron chi connectivity index (χ2n) is 5.99. The summed E-state index contributed by atoms with van der Waals surface area (Å²) in [5.74, 6) is -0.237. The lowest BCUT2D eigenvalue weighted by Gasteiger charge is -2.19. The van der Waals surface area contributed by atoms with E-state index < -0.39 is 0 Å². The Kier molecular flexibility index (Phi) is 3.46. The van der Waals surface area contributed by atoms with Crippen molar-refractivity contribution >= 4 is 16.5 Å². The van der Waals surface area contributed by atoms with Crippen molar-refractivity contribution in [1.29, 1.82) is 0 Å². The number of nitrogens with one attached hydrogen (secondary N) is 1. The number of rotatable bonds is 2. The summed E-state index contributed by atoms with van der Waals surface area (Å²) in [6, 6.07) is 13.2. The fourth-order valence-electron chi connectivity index (χ4n) is 3.14. The minimum Gasteiger partial charge on any atom is -0.310 e. The van der Waals surface area contributed by atoms with E-state index in [1.165, 1.54) is 23.3 Å². The topological polar surface area (TPSA) is 29.9 Å². The molecular formula is C19H18FN3. The molecule has 0 radical (unpaired) electrons. The quantitative estimate of drug-likeness (QED) is 0.777. The van der Waals surface area contributed by atoms with E-state index in [9.17, 15) is 4.39 Å². The zero-order chi connectivity index (χ0) is 15.8. The third-order valence-corrected chi connectivity index (χ3v) is 4.32. The number of hydrogen-bond donors (Lipinski definition) is 1. The molecule has 1 N–H and O–H groups in total. The molecule has 116 valence electrons. The first-order valence-corrected chi connectivity index (χ1v) is 7.89. The zero-order valence-electron chi connectivity index (χ0n) is 13.0. The van der Waals surface area contributed by atoms with E-state index in [-0.39, 0.29) is 5.82 Å². The van der Waals surface area contributed by atoms with E-state index >= 15 is 0 Å². The van der Waals surface area contributed by atoms with Crippen LogP contribution in [0.25, 0.3) is 22.2 Å². The van der Waals surface area contributed by atoms with E-state index in [2.05, 4.69) is 41.6 Å². The monoisotopic (exact) mass is 307 g/mol. The molecule has 0 amide bonds. The molecule has 1 aliphatic heterocycles. The Morgan fingerprint density at radius 3 is 2.78 bits per heavy atom. The van der Waals surface area contributed by atoms with Gasteiger partial charge in [-0.1, -0.05) is 12.1 Å². The van der Waals surface area contributed by atoms with Crippen LogP contribution >= 0.6 is 0 Å². The Balaban J connectivity index is 1.76. The maximum atomic E-state index is 13.1. The number of aromatic nitrogens is 2. The number of halogens is 1. The van der Waals surface area contributed by atoms with Gasteiger partial charge in [0.1, 0.15) is 5.82 Å². The Bertz CT molecular complexity index is 877. The van der Waals surface area contributed by atoms with Gasteiger partial charge in [0.25, 0.3) is 0 Å². The highest BCUT2D eigenvalue weighted by Crippen LogP contribution is 2.26. The summed E-state index contributed by atoms with van der Waals surface area (Å²) < 4.78 is 14.9. The minimum absolute atomic E-state index is 0.237. The molecule has 3 nitrogen and oxygen atoms in total. The third kappa shape index (κ3) is 2.66. The van der Waals surface area contributed by atoms with E-state index in [4.69, 9.17) is 0 Å². The van der Waals surface area contributed by atoms with Crippen molar-refractivity contribution in [3.05, 3.63) is 66.1 Å². The van der Waals surface area contributed by atoms with Gasteiger partial charge in [-0.05, 0) is 67.4 Å². The molecule has 3 aromatic rings. The van der Waals surface area contributed by atoms with Crippen molar-refractivity contribution in [3.8, 4) is 5.69 Å². The van der Waals surface area contributed by atoms with E-state index in [0.717, 1.165) is 29.6 Å². The van der Waals surface area contributed by atoms with Gasteiger partial charge in [0, 0.05) is 11.4 Å². The fraction of sp³-hybridized carbons (Fsp3) is 0.211. The largest absolute Gasteiger partial charge is 0.310 e. The lowest BCUT2D eigenvalue weighted by atomic mass is 9.97. The van der Waals surface area contributed by atoms with Gasteiger partial charge in [-0.25, -0.2) is 9.07 Å².